The SMILES string of the molecule is CCc1cc(=O)oc2cc(Oc3ccc(S(=O)(=O)N(CC)CC)cc3[N+](=O)[O-])ccc12. The van der Waals surface area contributed by atoms with E-state index in [1.165, 1.54) is 28.6 Å². The smallest absolute Gasteiger partial charge is 0.336 e. The Morgan fingerprint density at radius 3 is 2.39 bits per heavy atom. The molecular weight excluding hydrogens is 424 g/mol. The Bertz CT molecular complexity index is 1290. The second kappa shape index (κ2) is 8.86. The molecule has 0 saturated heterocycles. The van der Waals surface area contributed by atoms with Crippen molar-refractivity contribution in [2.45, 2.75) is 32.1 Å². The van der Waals surface area contributed by atoms with E-state index in [2.05, 4.69) is 0 Å². The summed E-state index contributed by atoms with van der Waals surface area (Å²) in [4.78, 5) is 22.5. The summed E-state index contributed by atoms with van der Waals surface area (Å²) in [6, 6.07) is 9.70. The Morgan fingerprint density at radius 2 is 1.77 bits per heavy atom. The van der Waals surface area contributed by atoms with Gasteiger partial charge in [0.25, 0.3) is 0 Å². The van der Waals surface area contributed by atoms with Crippen LogP contribution in [0.3, 0.4) is 0 Å². The van der Waals surface area contributed by atoms with Crippen molar-refractivity contribution in [3.63, 3.8) is 0 Å². The van der Waals surface area contributed by atoms with Crippen LogP contribution in [0.4, 0.5) is 5.69 Å². The lowest BCUT2D eigenvalue weighted by molar-refractivity contribution is -0.385. The first kappa shape index (κ1) is 22.4. The molecule has 10 heteroatoms. The predicted octanol–water partition coefficient (Wildman–Crippen LogP) is 4.09. The molecule has 0 aliphatic rings. The third-order valence-electron chi connectivity index (χ3n) is 4.88. The summed E-state index contributed by atoms with van der Waals surface area (Å²) in [5, 5.41) is 12.3. The second-order valence-electron chi connectivity index (χ2n) is 6.68. The standard InChI is InChI=1S/C21H22N2O7S/c1-4-14-11-21(24)30-20-12-15(7-9-17(14)20)29-19-10-8-16(13-18(19)23(25)26)31(27,28)22(5-2)6-3/h7-13H,4-6H2,1-3H3. The van der Waals surface area contributed by atoms with E-state index in [9.17, 15) is 23.3 Å². The summed E-state index contributed by atoms with van der Waals surface area (Å²) in [5.41, 5.74) is 0.121. The Morgan fingerprint density at radius 1 is 1.06 bits per heavy atom. The molecule has 0 atom stereocenters. The van der Waals surface area contributed by atoms with Gasteiger partial charge in [-0.25, -0.2) is 13.2 Å². The zero-order valence-corrected chi connectivity index (χ0v) is 18.1. The first-order valence-electron chi connectivity index (χ1n) is 9.74. The molecule has 3 aromatic rings. The fraction of sp³-hybridized carbons (Fsp3) is 0.286. The highest BCUT2D eigenvalue weighted by atomic mass is 32.2. The molecule has 0 aliphatic carbocycles. The molecule has 31 heavy (non-hydrogen) atoms. The number of hydrogen-bond donors (Lipinski definition) is 0. The maximum atomic E-state index is 12.7. The number of nitro benzene ring substituents is 1. The van der Waals surface area contributed by atoms with Crippen LogP contribution in [-0.4, -0.2) is 30.7 Å². The van der Waals surface area contributed by atoms with Crippen LogP contribution in [0.2, 0.25) is 0 Å². The minimum atomic E-state index is -3.86. The Balaban J connectivity index is 2.04. The van der Waals surface area contributed by atoms with Gasteiger partial charge in [-0.2, -0.15) is 4.31 Å². The highest BCUT2D eigenvalue weighted by Crippen LogP contribution is 2.35. The Kier molecular flexibility index (Phi) is 6.42. The molecule has 0 fully saturated rings. The van der Waals surface area contributed by atoms with Gasteiger partial charge in [-0.1, -0.05) is 20.8 Å². The average Bonchev–Trinajstić information content (AvgIpc) is 2.73. The van der Waals surface area contributed by atoms with Gasteiger partial charge in [0.2, 0.25) is 15.8 Å². The predicted molar refractivity (Wildman–Crippen MR) is 115 cm³/mol. The lowest BCUT2D eigenvalue weighted by Crippen LogP contribution is -2.30. The third kappa shape index (κ3) is 4.44. The van der Waals surface area contributed by atoms with Crippen molar-refractivity contribution in [3.8, 4) is 11.5 Å². The molecule has 9 nitrogen and oxygen atoms in total. The number of ether oxygens (including phenoxy) is 1. The van der Waals surface area contributed by atoms with Crippen molar-refractivity contribution in [2.75, 3.05) is 13.1 Å². The summed E-state index contributed by atoms with van der Waals surface area (Å²) in [7, 11) is -3.86. The first-order chi connectivity index (χ1) is 14.7. The van der Waals surface area contributed by atoms with E-state index in [-0.39, 0.29) is 29.5 Å². The molecule has 3 rings (SSSR count). The van der Waals surface area contributed by atoms with Crippen LogP contribution in [0.5, 0.6) is 11.5 Å². The number of nitro groups is 1. The van der Waals surface area contributed by atoms with Crippen molar-refractivity contribution in [1.29, 1.82) is 0 Å². The molecule has 0 aliphatic heterocycles. The quantitative estimate of drug-likeness (QED) is 0.290. The highest BCUT2D eigenvalue weighted by Gasteiger charge is 2.26. The second-order valence-corrected chi connectivity index (χ2v) is 8.62. The molecule has 0 bridgehead atoms. The van der Waals surface area contributed by atoms with Gasteiger partial charge in [0.05, 0.1) is 9.82 Å². The number of fused-ring (bicyclic) bond motifs is 1. The Hall–Kier alpha value is -3.24. The van der Waals surface area contributed by atoms with E-state index >= 15 is 0 Å². The average molecular weight is 446 g/mol. The van der Waals surface area contributed by atoms with Gasteiger partial charge in [-0.15, -0.1) is 0 Å². The highest BCUT2D eigenvalue weighted by molar-refractivity contribution is 7.89. The third-order valence-corrected chi connectivity index (χ3v) is 6.93. The lowest BCUT2D eigenvalue weighted by Gasteiger charge is -2.18. The van der Waals surface area contributed by atoms with Gasteiger partial charge >= 0.3 is 11.3 Å². The molecule has 2 aromatic carbocycles. The largest absolute Gasteiger partial charge is 0.450 e. The molecule has 0 unspecified atom stereocenters. The normalized spacial score (nSPS) is 11.7. The van der Waals surface area contributed by atoms with Crippen LogP contribution in [0.25, 0.3) is 11.0 Å². The van der Waals surface area contributed by atoms with Gasteiger partial charge in [0, 0.05) is 36.7 Å². The fourth-order valence-corrected chi connectivity index (χ4v) is 4.77. The lowest BCUT2D eigenvalue weighted by atomic mass is 10.1. The van der Waals surface area contributed by atoms with Crippen molar-refractivity contribution in [1.82, 2.24) is 4.31 Å². The molecule has 0 amide bonds. The minimum absolute atomic E-state index is 0.128. The van der Waals surface area contributed by atoms with Crippen molar-refractivity contribution < 1.29 is 22.5 Å². The number of benzene rings is 2. The number of aryl methyl sites for hydroxylation is 1. The van der Waals surface area contributed by atoms with Gasteiger partial charge in [-0.3, -0.25) is 10.1 Å². The van der Waals surface area contributed by atoms with Crippen LogP contribution in [-0.2, 0) is 16.4 Å². The van der Waals surface area contributed by atoms with Crippen LogP contribution >= 0.6 is 0 Å². The summed E-state index contributed by atoms with van der Waals surface area (Å²) in [5.74, 6) is 0.0863. The first-order valence-corrected chi connectivity index (χ1v) is 11.2. The van der Waals surface area contributed by atoms with Gasteiger partial charge in [0.1, 0.15) is 11.3 Å². The summed E-state index contributed by atoms with van der Waals surface area (Å²) < 4.78 is 37.5. The number of sulfonamides is 1. The van der Waals surface area contributed by atoms with Gasteiger partial charge in [-0.05, 0) is 36.2 Å². The summed E-state index contributed by atoms with van der Waals surface area (Å²) >= 11 is 0. The van der Waals surface area contributed by atoms with E-state index in [0.717, 1.165) is 17.0 Å². The zero-order valence-electron chi connectivity index (χ0n) is 17.3. The monoisotopic (exact) mass is 446 g/mol. The van der Waals surface area contributed by atoms with E-state index in [1.807, 2.05) is 6.92 Å². The molecule has 1 aromatic heterocycles. The maximum absolute atomic E-state index is 12.7. The topological polar surface area (TPSA) is 120 Å². The molecule has 0 N–H and O–H groups in total. The van der Waals surface area contributed by atoms with Crippen LogP contribution < -0.4 is 10.4 Å². The van der Waals surface area contributed by atoms with Crippen molar-refractivity contribution in [2.24, 2.45) is 0 Å². The van der Waals surface area contributed by atoms with Crippen molar-refractivity contribution in [3.05, 3.63) is 68.6 Å². The fourth-order valence-electron chi connectivity index (χ4n) is 3.29. The molecule has 0 radical (unpaired) electrons. The molecule has 164 valence electrons. The molecule has 0 spiro atoms. The van der Waals surface area contributed by atoms with E-state index in [0.29, 0.717) is 12.0 Å². The molecule has 0 saturated carbocycles. The van der Waals surface area contributed by atoms with Crippen LogP contribution in [0.1, 0.15) is 26.3 Å². The van der Waals surface area contributed by atoms with Crippen molar-refractivity contribution >= 4 is 26.7 Å². The van der Waals surface area contributed by atoms with Gasteiger partial charge in [0.15, 0.2) is 0 Å². The van der Waals surface area contributed by atoms with Crippen LogP contribution in [0, 0.1) is 10.1 Å². The number of hydrogen-bond acceptors (Lipinski definition) is 7. The zero-order chi connectivity index (χ0) is 22.8. The summed E-state index contributed by atoms with van der Waals surface area (Å²) in [6.07, 6.45) is 0.635. The minimum Gasteiger partial charge on any atom is -0.450 e. The van der Waals surface area contributed by atoms with Crippen LogP contribution in [0.15, 0.2) is 56.6 Å². The molecular formula is C21H22N2O7S. The number of nitrogens with zero attached hydrogens (tertiary/aromatic N) is 2. The van der Waals surface area contributed by atoms with Gasteiger partial charge < -0.3 is 9.15 Å². The summed E-state index contributed by atoms with van der Waals surface area (Å²) in [6.45, 7) is 5.78. The number of rotatable bonds is 8. The van der Waals surface area contributed by atoms with E-state index in [1.54, 1.807) is 26.0 Å². The van der Waals surface area contributed by atoms with E-state index < -0.39 is 26.3 Å². The molecule has 1 heterocycles. The van der Waals surface area contributed by atoms with E-state index in [4.69, 9.17) is 9.15 Å². The Labute approximate surface area is 179 Å². The maximum Gasteiger partial charge on any atom is 0.336 e.